The lowest BCUT2D eigenvalue weighted by Gasteiger charge is -2.18. The largest absolute Gasteiger partial charge is 0.379 e. The normalized spacial score (nSPS) is 11.9. The summed E-state index contributed by atoms with van der Waals surface area (Å²) in [5.74, 6) is 0. The van der Waals surface area contributed by atoms with Crippen molar-refractivity contribution < 1.29 is 8.42 Å². The number of halogens is 1. The molecular formula is C19H21BrN4O2S. The third-order valence-corrected chi connectivity index (χ3v) is 6.79. The summed E-state index contributed by atoms with van der Waals surface area (Å²) < 4.78 is 27.4. The van der Waals surface area contributed by atoms with Crippen LogP contribution in [0.15, 0.2) is 58.2 Å². The van der Waals surface area contributed by atoms with Gasteiger partial charge in [-0.25, -0.2) is 8.42 Å². The Labute approximate surface area is 167 Å². The molecule has 0 aliphatic rings. The van der Waals surface area contributed by atoms with Crippen molar-refractivity contribution in [3.8, 4) is 0 Å². The van der Waals surface area contributed by atoms with Gasteiger partial charge in [0.05, 0.1) is 16.1 Å². The molecule has 2 heterocycles. The van der Waals surface area contributed by atoms with Crippen LogP contribution in [0.5, 0.6) is 0 Å². The van der Waals surface area contributed by atoms with E-state index in [0.717, 1.165) is 26.8 Å². The molecule has 8 heteroatoms. The molecule has 0 atom stereocenters. The fourth-order valence-electron chi connectivity index (χ4n) is 2.84. The van der Waals surface area contributed by atoms with Gasteiger partial charge in [0, 0.05) is 36.5 Å². The summed E-state index contributed by atoms with van der Waals surface area (Å²) in [5, 5.41) is 3.35. The van der Waals surface area contributed by atoms with Gasteiger partial charge in [0.25, 0.3) is 0 Å². The van der Waals surface area contributed by atoms with Crippen LogP contribution < -0.4 is 5.32 Å². The van der Waals surface area contributed by atoms with Crippen LogP contribution in [0, 0.1) is 0 Å². The molecule has 0 fully saturated rings. The highest BCUT2D eigenvalue weighted by Gasteiger charge is 2.21. The molecular weight excluding hydrogens is 428 g/mol. The Bertz CT molecular complexity index is 1040. The average molecular weight is 449 g/mol. The number of hydrogen-bond acceptors (Lipinski definition) is 5. The molecule has 3 rings (SSSR count). The van der Waals surface area contributed by atoms with E-state index in [1.54, 1.807) is 24.5 Å². The van der Waals surface area contributed by atoms with Crippen molar-refractivity contribution in [1.29, 1.82) is 0 Å². The summed E-state index contributed by atoms with van der Waals surface area (Å²) >= 11 is 3.40. The van der Waals surface area contributed by atoms with E-state index in [2.05, 4.69) is 31.2 Å². The summed E-state index contributed by atoms with van der Waals surface area (Å²) in [7, 11) is -3.43. The lowest BCUT2D eigenvalue weighted by molar-refractivity contribution is 0.445. The van der Waals surface area contributed by atoms with E-state index in [-0.39, 0.29) is 0 Å². The molecule has 0 unspecified atom stereocenters. The molecule has 0 bridgehead atoms. The second-order valence-corrected chi connectivity index (χ2v) is 8.82. The first kappa shape index (κ1) is 19.7. The second-order valence-electron chi connectivity index (χ2n) is 5.97. The van der Waals surface area contributed by atoms with Gasteiger partial charge in [-0.3, -0.25) is 9.97 Å². The quantitative estimate of drug-likeness (QED) is 0.590. The Morgan fingerprint density at radius 1 is 1.07 bits per heavy atom. The van der Waals surface area contributed by atoms with Crippen LogP contribution >= 0.6 is 15.9 Å². The van der Waals surface area contributed by atoms with Crippen LogP contribution in [0.2, 0.25) is 0 Å². The molecule has 1 N–H and O–H groups in total. The van der Waals surface area contributed by atoms with Crippen LogP contribution in [0.4, 0.5) is 5.69 Å². The Morgan fingerprint density at radius 2 is 1.78 bits per heavy atom. The minimum Gasteiger partial charge on any atom is -0.379 e. The average Bonchev–Trinajstić information content (AvgIpc) is 2.67. The molecule has 0 saturated carbocycles. The number of nitrogens with one attached hydrogen (secondary N) is 1. The SMILES string of the molecule is CCN(CC)S(=O)(=O)c1ccc(CNc2ccnc3cc(Br)cnc23)cc1. The molecule has 1 aromatic carbocycles. The summed E-state index contributed by atoms with van der Waals surface area (Å²) in [6, 6.07) is 10.8. The number of sulfonamides is 1. The first-order valence-corrected chi connectivity index (χ1v) is 10.9. The third kappa shape index (κ3) is 4.28. The van der Waals surface area contributed by atoms with Gasteiger partial charge in [0.2, 0.25) is 10.0 Å². The van der Waals surface area contributed by atoms with Crippen LogP contribution in [0.25, 0.3) is 11.0 Å². The number of nitrogens with zero attached hydrogens (tertiary/aromatic N) is 3. The van der Waals surface area contributed by atoms with E-state index in [4.69, 9.17) is 0 Å². The van der Waals surface area contributed by atoms with E-state index < -0.39 is 10.0 Å². The number of pyridine rings is 2. The number of benzene rings is 1. The minimum absolute atomic E-state index is 0.316. The summed E-state index contributed by atoms with van der Waals surface area (Å²) in [5.41, 5.74) is 3.46. The molecule has 142 valence electrons. The van der Waals surface area contributed by atoms with Gasteiger partial charge < -0.3 is 5.32 Å². The van der Waals surface area contributed by atoms with Gasteiger partial charge in [-0.05, 0) is 45.8 Å². The Balaban J connectivity index is 1.77. The first-order valence-electron chi connectivity index (χ1n) is 8.69. The number of hydrogen-bond donors (Lipinski definition) is 1. The van der Waals surface area contributed by atoms with E-state index in [9.17, 15) is 8.42 Å². The number of anilines is 1. The Kier molecular flexibility index (Phi) is 6.08. The molecule has 27 heavy (non-hydrogen) atoms. The summed E-state index contributed by atoms with van der Waals surface area (Å²) in [4.78, 5) is 9.06. The molecule has 2 aromatic heterocycles. The third-order valence-electron chi connectivity index (χ3n) is 4.29. The first-order chi connectivity index (χ1) is 13.0. The Morgan fingerprint density at radius 3 is 2.44 bits per heavy atom. The van der Waals surface area contributed by atoms with Crippen LogP contribution in [-0.2, 0) is 16.6 Å². The number of aromatic nitrogens is 2. The molecule has 0 saturated heterocycles. The second kappa shape index (κ2) is 8.33. The number of rotatable bonds is 7. The van der Waals surface area contributed by atoms with E-state index >= 15 is 0 Å². The van der Waals surface area contributed by atoms with Gasteiger partial charge >= 0.3 is 0 Å². The fraction of sp³-hybridized carbons (Fsp3) is 0.263. The van der Waals surface area contributed by atoms with Gasteiger partial charge in [-0.2, -0.15) is 4.31 Å². The summed E-state index contributed by atoms with van der Waals surface area (Å²) in [6.45, 7) is 5.15. The minimum atomic E-state index is -3.43. The standard InChI is InChI=1S/C19H21BrN4O2S/c1-3-24(4-2)27(25,26)16-7-5-14(6-8-16)12-22-17-9-10-21-18-11-15(20)13-23-19(17)18/h5-11,13H,3-4,12H2,1-2H3,(H,21,22). The molecule has 0 aliphatic carbocycles. The predicted octanol–water partition coefficient (Wildman–Crippen LogP) is 4.03. The van der Waals surface area contributed by atoms with E-state index in [1.807, 2.05) is 38.1 Å². The van der Waals surface area contributed by atoms with E-state index in [1.165, 1.54) is 4.31 Å². The van der Waals surface area contributed by atoms with Crippen molar-refractivity contribution in [3.63, 3.8) is 0 Å². The zero-order chi connectivity index (χ0) is 19.4. The zero-order valence-corrected chi connectivity index (χ0v) is 17.6. The lowest BCUT2D eigenvalue weighted by Crippen LogP contribution is -2.30. The molecule has 3 aromatic rings. The van der Waals surface area contributed by atoms with Crippen LogP contribution in [0.1, 0.15) is 19.4 Å². The highest BCUT2D eigenvalue weighted by Crippen LogP contribution is 2.23. The predicted molar refractivity (Wildman–Crippen MR) is 111 cm³/mol. The Hall–Kier alpha value is -2.03. The van der Waals surface area contributed by atoms with Gasteiger partial charge in [-0.1, -0.05) is 26.0 Å². The molecule has 0 aliphatic heterocycles. The lowest BCUT2D eigenvalue weighted by atomic mass is 10.2. The molecule has 0 radical (unpaired) electrons. The monoisotopic (exact) mass is 448 g/mol. The molecule has 0 amide bonds. The van der Waals surface area contributed by atoms with Crippen LogP contribution in [0.3, 0.4) is 0 Å². The zero-order valence-electron chi connectivity index (χ0n) is 15.2. The maximum Gasteiger partial charge on any atom is 0.243 e. The topological polar surface area (TPSA) is 75.2 Å². The summed E-state index contributed by atoms with van der Waals surface area (Å²) in [6.07, 6.45) is 3.47. The van der Waals surface area contributed by atoms with Gasteiger partial charge in [0.1, 0.15) is 5.52 Å². The van der Waals surface area contributed by atoms with Crippen molar-refractivity contribution in [2.45, 2.75) is 25.3 Å². The van der Waals surface area contributed by atoms with Crippen molar-refractivity contribution in [3.05, 3.63) is 58.8 Å². The fourth-order valence-corrected chi connectivity index (χ4v) is 4.61. The maximum absolute atomic E-state index is 12.6. The molecule has 6 nitrogen and oxygen atoms in total. The van der Waals surface area contributed by atoms with E-state index in [0.29, 0.717) is 24.5 Å². The smallest absolute Gasteiger partial charge is 0.243 e. The van der Waals surface area contributed by atoms with Crippen molar-refractivity contribution >= 4 is 42.7 Å². The van der Waals surface area contributed by atoms with Gasteiger partial charge in [0.15, 0.2) is 0 Å². The highest BCUT2D eigenvalue weighted by atomic mass is 79.9. The van der Waals surface area contributed by atoms with Crippen molar-refractivity contribution in [1.82, 2.24) is 14.3 Å². The molecule has 0 spiro atoms. The highest BCUT2D eigenvalue weighted by molar-refractivity contribution is 9.10. The van der Waals surface area contributed by atoms with Crippen LogP contribution in [-0.4, -0.2) is 35.8 Å². The maximum atomic E-state index is 12.6. The van der Waals surface area contributed by atoms with Crippen molar-refractivity contribution in [2.24, 2.45) is 0 Å². The number of fused-ring (bicyclic) bond motifs is 1. The van der Waals surface area contributed by atoms with Gasteiger partial charge in [-0.15, -0.1) is 0 Å². The van der Waals surface area contributed by atoms with Crippen molar-refractivity contribution in [2.75, 3.05) is 18.4 Å².